The summed E-state index contributed by atoms with van der Waals surface area (Å²) in [5.41, 5.74) is 0. The quantitative estimate of drug-likeness (QED) is 0.826. The average molecular weight is 336 g/mol. The number of methoxy groups -OCH3 is 1. The Morgan fingerprint density at radius 2 is 2.10 bits per heavy atom. The minimum Gasteiger partial charge on any atom is -0.495 e. The maximum Gasteiger partial charge on any atom is 0.318 e. The number of benzene rings is 1. The van der Waals surface area contributed by atoms with E-state index in [9.17, 15) is 13.2 Å². The molecule has 0 saturated carbocycles. The topological polar surface area (TPSA) is 83.9 Å². The fraction of sp³-hybridized carbons (Fsp3) is 0.462. The molecule has 0 aliphatic heterocycles. The first-order chi connectivity index (χ1) is 9.73. The molecule has 118 valence electrons. The van der Waals surface area contributed by atoms with Crippen LogP contribution < -0.4 is 4.74 Å². The fourth-order valence-corrected chi connectivity index (χ4v) is 3.76. The molecule has 0 amide bonds. The Labute approximate surface area is 129 Å². The third-order valence-electron chi connectivity index (χ3n) is 3.10. The van der Waals surface area contributed by atoms with E-state index in [1.165, 1.54) is 25.3 Å². The van der Waals surface area contributed by atoms with Crippen LogP contribution in [0, 0.1) is 0 Å². The summed E-state index contributed by atoms with van der Waals surface area (Å²) in [6, 6.07) is 3.60. The molecule has 0 radical (unpaired) electrons. The maximum absolute atomic E-state index is 12.6. The number of sulfonamides is 1. The van der Waals surface area contributed by atoms with Crippen molar-refractivity contribution in [3.63, 3.8) is 0 Å². The Kier molecular flexibility index (Phi) is 6.00. The molecule has 0 aromatic heterocycles. The normalized spacial score (nSPS) is 13.2. The van der Waals surface area contributed by atoms with Gasteiger partial charge < -0.3 is 9.84 Å². The second kappa shape index (κ2) is 7.11. The largest absolute Gasteiger partial charge is 0.495 e. The van der Waals surface area contributed by atoms with Gasteiger partial charge in [0.15, 0.2) is 0 Å². The van der Waals surface area contributed by atoms with Gasteiger partial charge in [0.2, 0.25) is 10.0 Å². The van der Waals surface area contributed by atoms with Gasteiger partial charge >= 0.3 is 5.97 Å². The lowest BCUT2D eigenvalue weighted by molar-refractivity contribution is -0.137. The number of hydrogen-bond donors (Lipinski definition) is 1. The van der Waals surface area contributed by atoms with E-state index in [1.54, 1.807) is 13.8 Å². The molecule has 1 atom stereocenters. The molecular weight excluding hydrogens is 318 g/mol. The van der Waals surface area contributed by atoms with Gasteiger partial charge in [0.1, 0.15) is 12.3 Å². The van der Waals surface area contributed by atoms with E-state index >= 15 is 0 Å². The molecule has 1 aromatic carbocycles. The Morgan fingerprint density at radius 3 is 2.52 bits per heavy atom. The summed E-state index contributed by atoms with van der Waals surface area (Å²) in [5, 5.41) is 9.07. The second-order valence-electron chi connectivity index (χ2n) is 4.50. The van der Waals surface area contributed by atoms with Crippen molar-refractivity contribution in [2.45, 2.75) is 31.2 Å². The number of carboxylic acid groups (broad SMARTS) is 1. The van der Waals surface area contributed by atoms with E-state index < -0.39 is 28.6 Å². The third kappa shape index (κ3) is 4.09. The predicted octanol–water partition coefficient (Wildman–Crippen LogP) is 2.22. The molecular formula is C13H18ClNO5S. The monoisotopic (exact) mass is 335 g/mol. The van der Waals surface area contributed by atoms with Gasteiger partial charge in [0, 0.05) is 6.04 Å². The van der Waals surface area contributed by atoms with Crippen molar-refractivity contribution in [3.05, 3.63) is 23.2 Å². The highest BCUT2D eigenvalue weighted by Crippen LogP contribution is 2.29. The van der Waals surface area contributed by atoms with E-state index in [2.05, 4.69) is 0 Å². The minimum atomic E-state index is -3.94. The molecule has 21 heavy (non-hydrogen) atoms. The van der Waals surface area contributed by atoms with Crippen LogP contribution in [0.2, 0.25) is 5.02 Å². The zero-order valence-corrected chi connectivity index (χ0v) is 13.6. The third-order valence-corrected chi connectivity index (χ3v) is 5.35. The molecule has 0 saturated heterocycles. The second-order valence-corrected chi connectivity index (χ2v) is 6.80. The Morgan fingerprint density at radius 1 is 1.48 bits per heavy atom. The zero-order valence-electron chi connectivity index (χ0n) is 12.0. The molecule has 1 aromatic rings. The number of ether oxygens (including phenoxy) is 1. The first-order valence-corrected chi connectivity index (χ1v) is 8.13. The van der Waals surface area contributed by atoms with Gasteiger partial charge in [-0.05, 0) is 31.5 Å². The van der Waals surface area contributed by atoms with Gasteiger partial charge in [-0.25, -0.2) is 8.42 Å². The Balaban J connectivity index is 3.28. The van der Waals surface area contributed by atoms with Crippen LogP contribution in [0.4, 0.5) is 0 Å². The standard InChI is InChI=1S/C13H18ClNO5S/c1-4-9(2)15(8-13(16)17)21(18,19)10-5-6-12(20-3)11(14)7-10/h5-7,9H,4,8H2,1-3H3,(H,16,17). The minimum absolute atomic E-state index is 0.0603. The summed E-state index contributed by atoms with van der Waals surface area (Å²) in [6.45, 7) is 2.85. The van der Waals surface area contributed by atoms with Crippen molar-refractivity contribution in [2.24, 2.45) is 0 Å². The first kappa shape index (κ1) is 17.7. The highest BCUT2D eigenvalue weighted by molar-refractivity contribution is 7.89. The summed E-state index contributed by atoms with van der Waals surface area (Å²) >= 11 is 5.94. The van der Waals surface area contributed by atoms with Crippen LogP contribution in [-0.2, 0) is 14.8 Å². The van der Waals surface area contributed by atoms with Crippen LogP contribution in [0.15, 0.2) is 23.1 Å². The van der Waals surface area contributed by atoms with Gasteiger partial charge in [0.05, 0.1) is 17.0 Å². The van der Waals surface area contributed by atoms with E-state index in [4.69, 9.17) is 21.4 Å². The Bertz CT molecular complexity index is 617. The number of carbonyl (C=O) groups is 1. The molecule has 1 unspecified atom stereocenters. The highest BCUT2D eigenvalue weighted by atomic mass is 35.5. The van der Waals surface area contributed by atoms with Crippen molar-refractivity contribution in [1.82, 2.24) is 4.31 Å². The van der Waals surface area contributed by atoms with Crippen molar-refractivity contribution in [2.75, 3.05) is 13.7 Å². The first-order valence-electron chi connectivity index (χ1n) is 6.31. The summed E-state index contributed by atoms with van der Waals surface area (Å²) in [6.07, 6.45) is 0.496. The molecule has 6 nitrogen and oxygen atoms in total. The number of nitrogens with zero attached hydrogens (tertiary/aromatic N) is 1. The van der Waals surface area contributed by atoms with Gasteiger partial charge in [-0.15, -0.1) is 0 Å². The number of hydrogen-bond acceptors (Lipinski definition) is 4. The van der Waals surface area contributed by atoms with Crippen LogP contribution in [0.25, 0.3) is 0 Å². The van der Waals surface area contributed by atoms with E-state index in [0.717, 1.165) is 4.31 Å². The van der Waals surface area contributed by atoms with Gasteiger partial charge in [-0.1, -0.05) is 18.5 Å². The smallest absolute Gasteiger partial charge is 0.318 e. The summed E-state index contributed by atoms with van der Waals surface area (Å²) in [4.78, 5) is 10.9. The van der Waals surface area contributed by atoms with Crippen LogP contribution in [0.5, 0.6) is 5.75 Å². The molecule has 0 aliphatic rings. The van der Waals surface area contributed by atoms with Crippen molar-refractivity contribution in [3.8, 4) is 5.75 Å². The highest BCUT2D eigenvalue weighted by Gasteiger charge is 2.30. The fourth-order valence-electron chi connectivity index (χ4n) is 1.76. The van der Waals surface area contributed by atoms with Gasteiger partial charge in [0.25, 0.3) is 0 Å². The number of rotatable bonds is 7. The molecule has 1 N–H and O–H groups in total. The van der Waals surface area contributed by atoms with Crippen LogP contribution in [0.1, 0.15) is 20.3 Å². The Hall–Kier alpha value is -1.31. The molecule has 0 aliphatic carbocycles. The van der Waals surface area contributed by atoms with Crippen LogP contribution >= 0.6 is 11.6 Å². The predicted molar refractivity (Wildman–Crippen MR) is 79.3 cm³/mol. The van der Waals surface area contributed by atoms with Crippen LogP contribution in [-0.4, -0.2) is 43.5 Å². The van der Waals surface area contributed by atoms with Crippen molar-refractivity contribution < 1.29 is 23.1 Å². The van der Waals surface area contributed by atoms with Crippen molar-refractivity contribution >= 4 is 27.6 Å². The SMILES string of the molecule is CCC(C)N(CC(=O)O)S(=O)(=O)c1ccc(OC)c(Cl)c1. The number of aliphatic carboxylic acids is 1. The lowest BCUT2D eigenvalue weighted by Gasteiger charge is -2.26. The molecule has 8 heteroatoms. The molecule has 0 bridgehead atoms. The van der Waals surface area contributed by atoms with Crippen molar-refractivity contribution in [1.29, 1.82) is 0 Å². The van der Waals surface area contributed by atoms with E-state index in [-0.39, 0.29) is 9.92 Å². The summed E-state index contributed by atoms with van der Waals surface area (Å²) in [5.74, 6) is -0.859. The van der Waals surface area contributed by atoms with Crippen LogP contribution in [0.3, 0.4) is 0 Å². The van der Waals surface area contributed by atoms with Gasteiger partial charge in [-0.3, -0.25) is 4.79 Å². The van der Waals surface area contributed by atoms with E-state index in [1.807, 2.05) is 0 Å². The zero-order chi connectivity index (χ0) is 16.2. The molecule has 0 heterocycles. The number of carboxylic acids is 1. The molecule has 1 rings (SSSR count). The maximum atomic E-state index is 12.6. The van der Waals surface area contributed by atoms with E-state index in [0.29, 0.717) is 12.2 Å². The summed E-state index contributed by atoms with van der Waals surface area (Å²) in [7, 11) is -2.52. The average Bonchev–Trinajstić information content (AvgIpc) is 2.43. The number of halogens is 1. The molecule has 0 fully saturated rings. The lowest BCUT2D eigenvalue weighted by Crippen LogP contribution is -2.41. The summed E-state index contributed by atoms with van der Waals surface area (Å²) < 4.78 is 31.1. The molecule has 0 spiro atoms. The lowest BCUT2D eigenvalue weighted by atomic mass is 10.2. The van der Waals surface area contributed by atoms with Gasteiger partial charge in [-0.2, -0.15) is 4.31 Å².